The number of alkyl halides is 3. The topological polar surface area (TPSA) is 32.3 Å². The van der Waals surface area contributed by atoms with E-state index in [9.17, 15) is 17.6 Å². The van der Waals surface area contributed by atoms with Gasteiger partial charge in [0.15, 0.2) is 0 Å². The zero-order valence-corrected chi connectivity index (χ0v) is 9.73. The summed E-state index contributed by atoms with van der Waals surface area (Å²) in [4.78, 5) is 0. The second-order valence-corrected chi connectivity index (χ2v) is 3.90. The van der Waals surface area contributed by atoms with Crippen LogP contribution in [0.4, 0.5) is 23.2 Å². The molecule has 0 aliphatic carbocycles. The van der Waals surface area contributed by atoms with Gasteiger partial charge in [-0.25, -0.2) is 4.39 Å². The van der Waals surface area contributed by atoms with Gasteiger partial charge in [0.25, 0.3) is 0 Å². The minimum atomic E-state index is -4.47. The van der Waals surface area contributed by atoms with E-state index in [1.807, 2.05) is 0 Å². The standard InChI is InChI=1S/C12H15F4NO/c13-10-5-4-9(12(14,15)16)8-11(10)17-6-2-1-3-7-18/h4-5,8,17-18H,1-3,6-7H2. The van der Waals surface area contributed by atoms with Crippen LogP contribution in [0.2, 0.25) is 0 Å². The van der Waals surface area contributed by atoms with Gasteiger partial charge in [-0.05, 0) is 37.5 Å². The largest absolute Gasteiger partial charge is 0.416 e. The summed E-state index contributed by atoms with van der Waals surface area (Å²) in [5.41, 5.74) is -1.02. The Hall–Kier alpha value is -1.30. The molecule has 0 unspecified atom stereocenters. The van der Waals surface area contributed by atoms with Crippen LogP contribution in [-0.2, 0) is 6.18 Å². The Kier molecular flexibility index (Phi) is 5.40. The van der Waals surface area contributed by atoms with Gasteiger partial charge in [-0.15, -0.1) is 0 Å². The first-order valence-electron chi connectivity index (χ1n) is 5.66. The van der Waals surface area contributed by atoms with Gasteiger partial charge in [0, 0.05) is 13.2 Å². The average molecular weight is 265 g/mol. The summed E-state index contributed by atoms with van der Waals surface area (Å²) in [5, 5.41) is 11.2. The number of hydrogen-bond acceptors (Lipinski definition) is 2. The quantitative estimate of drug-likeness (QED) is 0.610. The lowest BCUT2D eigenvalue weighted by Crippen LogP contribution is -2.08. The van der Waals surface area contributed by atoms with Crippen molar-refractivity contribution < 1.29 is 22.7 Å². The summed E-state index contributed by atoms with van der Waals surface area (Å²) in [5.74, 6) is -0.704. The molecular formula is C12H15F4NO. The number of rotatable bonds is 6. The Bertz CT molecular complexity index is 379. The van der Waals surface area contributed by atoms with E-state index >= 15 is 0 Å². The number of halogens is 4. The number of anilines is 1. The fourth-order valence-corrected chi connectivity index (χ4v) is 1.47. The minimum absolute atomic E-state index is 0.0813. The monoisotopic (exact) mass is 265 g/mol. The third-order valence-corrected chi connectivity index (χ3v) is 2.44. The molecule has 102 valence electrons. The Balaban J connectivity index is 2.59. The molecule has 0 spiro atoms. The molecule has 0 amide bonds. The zero-order valence-electron chi connectivity index (χ0n) is 9.73. The molecule has 0 atom stereocenters. The molecule has 0 heterocycles. The second kappa shape index (κ2) is 6.58. The van der Waals surface area contributed by atoms with E-state index in [1.165, 1.54) is 0 Å². The van der Waals surface area contributed by atoms with Gasteiger partial charge in [0.2, 0.25) is 0 Å². The number of hydrogen-bond donors (Lipinski definition) is 2. The van der Waals surface area contributed by atoms with E-state index in [0.29, 0.717) is 25.5 Å². The van der Waals surface area contributed by atoms with E-state index in [1.54, 1.807) is 0 Å². The highest BCUT2D eigenvalue weighted by atomic mass is 19.4. The summed E-state index contributed by atoms with van der Waals surface area (Å²) in [6, 6.07) is 2.28. The average Bonchev–Trinajstić information content (AvgIpc) is 2.29. The molecule has 0 bridgehead atoms. The predicted molar refractivity (Wildman–Crippen MR) is 60.8 cm³/mol. The van der Waals surface area contributed by atoms with Gasteiger partial charge < -0.3 is 10.4 Å². The van der Waals surface area contributed by atoms with Crippen molar-refractivity contribution in [2.75, 3.05) is 18.5 Å². The highest BCUT2D eigenvalue weighted by Gasteiger charge is 2.31. The van der Waals surface area contributed by atoms with Gasteiger partial charge in [-0.3, -0.25) is 0 Å². The minimum Gasteiger partial charge on any atom is -0.396 e. The molecule has 0 aliphatic rings. The van der Waals surface area contributed by atoms with Crippen molar-refractivity contribution in [3.8, 4) is 0 Å². The first kappa shape index (κ1) is 14.8. The Morgan fingerprint density at radius 3 is 2.44 bits per heavy atom. The van der Waals surface area contributed by atoms with E-state index in [4.69, 9.17) is 5.11 Å². The number of nitrogens with one attached hydrogen (secondary N) is 1. The van der Waals surface area contributed by atoms with Crippen molar-refractivity contribution >= 4 is 5.69 Å². The summed E-state index contributed by atoms with van der Waals surface area (Å²) < 4.78 is 50.5. The van der Waals surface area contributed by atoms with Gasteiger partial charge >= 0.3 is 6.18 Å². The van der Waals surface area contributed by atoms with Gasteiger partial charge in [0.1, 0.15) is 5.82 Å². The second-order valence-electron chi connectivity index (χ2n) is 3.90. The van der Waals surface area contributed by atoms with Crippen molar-refractivity contribution in [1.29, 1.82) is 0 Å². The molecule has 1 aromatic rings. The zero-order chi connectivity index (χ0) is 13.6. The SMILES string of the molecule is OCCCCCNc1cc(C(F)(F)F)ccc1F. The molecule has 1 aromatic carbocycles. The maximum absolute atomic E-state index is 13.3. The summed E-state index contributed by atoms with van der Waals surface area (Å²) in [6.07, 6.45) is -2.44. The Morgan fingerprint density at radius 2 is 1.83 bits per heavy atom. The van der Waals surface area contributed by atoms with Crippen LogP contribution in [0.15, 0.2) is 18.2 Å². The normalized spacial score (nSPS) is 11.6. The molecule has 0 aliphatic heterocycles. The molecule has 0 radical (unpaired) electrons. The lowest BCUT2D eigenvalue weighted by atomic mass is 10.1. The van der Waals surface area contributed by atoms with Gasteiger partial charge in [-0.1, -0.05) is 0 Å². The highest BCUT2D eigenvalue weighted by Crippen LogP contribution is 2.31. The van der Waals surface area contributed by atoms with Gasteiger partial charge in [-0.2, -0.15) is 13.2 Å². The lowest BCUT2D eigenvalue weighted by molar-refractivity contribution is -0.137. The van der Waals surface area contributed by atoms with Crippen LogP contribution in [0, 0.1) is 5.82 Å². The van der Waals surface area contributed by atoms with Crippen LogP contribution >= 0.6 is 0 Å². The number of unbranched alkanes of at least 4 members (excludes halogenated alkanes) is 2. The first-order chi connectivity index (χ1) is 8.45. The maximum atomic E-state index is 13.3. The van der Waals surface area contributed by atoms with E-state index in [2.05, 4.69) is 5.32 Å². The number of aliphatic hydroxyl groups is 1. The van der Waals surface area contributed by atoms with E-state index < -0.39 is 17.6 Å². The molecular weight excluding hydrogens is 250 g/mol. The maximum Gasteiger partial charge on any atom is 0.416 e. The summed E-state index contributed by atoms with van der Waals surface area (Å²) >= 11 is 0. The van der Waals surface area contributed by atoms with Crippen LogP contribution in [0.3, 0.4) is 0 Å². The fraction of sp³-hybridized carbons (Fsp3) is 0.500. The van der Waals surface area contributed by atoms with Crippen molar-refractivity contribution in [2.24, 2.45) is 0 Å². The Labute approximate surface area is 103 Å². The molecule has 1 rings (SSSR count). The van der Waals surface area contributed by atoms with Crippen molar-refractivity contribution in [3.63, 3.8) is 0 Å². The molecule has 2 nitrogen and oxygen atoms in total. The van der Waals surface area contributed by atoms with Gasteiger partial charge in [0.05, 0.1) is 11.3 Å². The molecule has 6 heteroatoms. The summed E-state index contributed by atoms with van der Waals surface area (Å²) in [6.45, 7) is 0.455. The molecule has 0 fully saturated rings. The van der Waals surface area contributed by atoms with Crippen molar-refractivity contribution in [3.05, 3.63) is 29.6 Å². The fourth-order valence-electron chi connectivity index (χ4n) is 1.47. The predicted octanol–water partition coefficient (Wildman–Crippen LogP) is 3.42. The van der Waals surface area contributed by atoms with Crippen molar-refractivity contribution in [2.45, 2.75) is 25.4 Å². The van der Waals surface area contributed by atoms with E-state index in [0.717, 1.165) is 18.6 Å². The van der Waals surface area contributed by atoms with Crippen LogP contribution in [0.25, 0.3) is 0 Å². The molecule has 0 saturated heterocycles. The van der Waals surface area contributed by atoms with Crippen LogP contribution < -0.4 is 5.32 Å². The lowest BCUT2D eigenvalue weighted by Gasteiger charge is -2.11. The number of aliphatic hydroxyl groups excluding tert-OH is 1. The third kappa shape index (κ3) is 4.52. The third-order valence-electron chi connectivity index (χ3n) is 2.44. The Morgan fingerprint density at radius 1 is 1.11 bits per heavy atom. The molecule has 0 saturated carbocycles. The molecule has 2 N–H and O–H groups in total. The van der Waals surface area contributed by atoms with Crippen LogP contribution in [-0.4, -0.2) is 18.3 Å². The van der Waals surface area contributed by atoms with Crippen LogP contribution in [0.5, 0.6) is 0 Å². The molecule has 18 heavy (non-hydrogen) atoms. The van der Waals surface area contributed by atoms with Crippen molar-refractivity contribution in [1.82, 2.24) is 0 Å². The van der Waals surface area contributed by atoms with Crippen LogP contribution in [0.1, 0.15) is 24.8 Å². The first-order valence-corrected chi connectivity index (χ1v) is 5.66. The summed E-state index contributed by atoms with van der Waals surface area (Å²) in [7, 11) is 0. The highest BCUT2D eigenvalue weighted by molar-refractivity contribution is 5.47. The molecule has 0 aromatic heterocycles. The van der Waals surface area contributed by atoms with E-state index in [-0.39, 0.29) is 12.3 Å². The number of benzene rings is 1. The smallest absolute Gasteiger partial charge is 0.396 e.